The summed E-state index contributed by atoms with van der Waals surface area (Å²) in [5, 5.41) is 4.23. The van der Waals surface area contributed by atoms with Gasteiger partial charge in [0.05, 0.1) is 19.4 Å². The highest BCUT2D eigenvalue weighted by atomic mass is 16.5. The molecule has 0 radical (unpaired) electrons. The molecule has 2 N–H and O–H groups in total. The first-order chi connectivity index (χ1) is 15.0. The molecule has 8 heteroatoms. The lowest BCUT2D eigenvalue weighted by molar-refractivity contribution is 0.0843. The van der Waals surface area contributed by atoms with Crippen LogP contribution in [0, 0.1) is 5.92 Å². The van der Waals surface area contributed by atoms with E-state index in [1.54, 1.807) is 35.1 Å². The number of benzene rings is 2. The van der Waals surface area contributed by atoms with Crippen LogP contribution in [-0.2, 0) is 0 Å². The Morgan fingerprint density at radius 2 is 1.74 bits per heavy atom. The molecule has 162 valence electrons. The standard InChI is InChI=1S/C23H26N4O4/c1-16(2)12-14-31-20-10-9-17(15-21(20)30-3)22(28)24-25-23(29)19-11-13-27(26-19)18-7-5-4-6-8-18/h4-11,13,15-16H,12,14H2,1-3H3,(H,24,28)(H,25,29). The lowest BCUT2D eigenvalue weighted by Crippen LogP contribution is -2.41. The number of para-hydroxylation sites is 1. The summed E-state index contributed by atoms with van der Waals surface area (Å²) in [6, 6.07) is 15.8. The van der Waals surface area contributed by atoms with Gasteiger partial charge in [-0.15, -0.1) is 0 Å². The Bertz CT molecular complexity index is 1030. The summed E-state index contributed by atoms with van der Waals surface area (Å²) in [4.78, 5) is 24.8. The lowest BCUT2D eigenvalue weighted by Gasteiger charge is -2.13. The lowest BCUT2D eigenvalue weighted by atomic mass is 10.1. The van der Waals surface area contributed by atoms with Crippen molar-refractivity contribution in [2.45, 2.75) is 20.3 Å². The Morgan fingerprint density at radius 1 is 1.00 bits per heavy atom. The fourth-order valence-electron chi connectivity index (χ4n) is 2.75. The molecule has 1 aromatic heterocycles. The number of hydrogen-bond acceptors (Lipinski definition) is 5. The Morgan fingerprint density at radius 3 is 2.45 bits per heavy atom. The number of ether oxygens (including phenoxy) is 2. The zero-order valence-electron chi connectivity index (χ0n) is 17.8. The van der Waals surface area contributed by atoms with Crippen molar-refractivity contribution in [1.82, 2.24) is 20.6 Å². The normalized spacial score (nSPS) is 10.6. The van der Waals surface area contributed by atoms with Crippen molar-refractivity contribution in [3.63, 3.8) is 0 Å². The molecule has 0 fully saturated rings. The van der Waals surface area contributed by atoms with Crippen molar-refractivity contribution < 1.29 is 19.1 Å². The van der Waals surface area contributed by atoms with Crippen LogP contribution in [0.3, 0.4) is 0 Å². The van der Waals surface area contributed by atoms with Crippen LogP contribution in [-0.4, -0.2) is 35.3 Å². The summed E-state index contributed by atoms with van der Waals surface area (Å²) >= 11 is 0. The highest BCUT2D eigenvalue weighted by molar-refractivity contribution is 5.98. The molecule has 0 aliphatic rings. The molecule has 0 saturated heterocycles. The molecule has 3 aromatic rings. The van der Waals surface area contributed by atoms with Gasteiger partial charge in [-0.25, -0.2) is 4.68 Å². The van der Waals surface area contributed by atoms with Gasteiger partial charge in [-0.2, -0.15) is 5.10 Å². The largest absolute Gasteiger partial charge is 0.493 e. The molecule has 3 rings (SSSR count). The minimum atomic E-state index is -0.524. The van der Waals surface area contributed by atoms with E-state index < -0.39 is 11.8 Å². The van der Waals surface area contributed by atoms with Crippen LogP contribution in [0.15, 0.2) is 60.8 Å². The zero-order chi connectivity index (χ0) is 22.2. The molecule has 8 nitrogen and oxygen atoms in total. The van der Waals surface area contributed by atoms with Crippen molar-refractivity contribution >= 4 is 11.8 Å². The van der Waals surface area contributed by atoms with E-state index in [1.165, 1.54) is 7.11 Å². The maximum atomic E-state index is 12.4. The molecule has 0 aliphatic carbocycles. The highest BCUT2D eigenvalue weighted by Gasteiger charge is 2.14. The molecule has 0 unspecified atom stereocenters. The molecule has 0 saturated carbocycles. The summed E-state index contributed by atoms with van der Waals surface area (Å²) in [6.07, 6.45) is 2.59. The van der Waals surface area contributed by atoms with E-state index in [2.05, 4.69) is 29.8 Å². The third-order valence-electron chi connectivity index (χ3n) is 4.51. The molecule has 31 heavy (non-hydrogen) atoms. The van der Waals surface area contributed by atoms with Crippen molar-refractivity contribution in [1.29, 1.82) is 0 Å². The predicted molar refractivity (Wildman–Crippen MR) is 116 cm³/mol. The van der Waals surface area contributed by atoms with Crippen molar-refractivity contribution in [2.75, 3.05) is 13.7 Å². The average molecular weight is 422 g/mol. The van der Waals surface area contributed by atoms with Crippen molar-refractivity contribution in [2.24, 2.45) is 5.92 Å². The Labute approximate surface area is 181 Å². The van der Waals surface area contributed by atoms with Gasteiger partial charge < -0.3 is 9.47 Å². The van der Waals surface area contributed by atoms with Crippen molar-refractivity contribution in [3.05, 3.63) is 72.1 Å². The molecular formula is C23H26N4O4. The number of nitrogens with zero attached hydrogens (tertiary/aromatic N) is 2. The summed E-state index contributed by atoms with van der Waals surface area (Å²) in [6.45, 7) is 4.80. The maximum absolute atomic E-state index is 12.4. The second kappa shape index (κ2) is 10.3. The van der Waals surface area contributed by atoms with Gasteiger partial charge in [0, 0.05) is 11.8 Å². The first-order valence-corrected chi connectivity index (χ1v) is 10.0. The molecular weight excluding hydrogens is 396 g/mol. The number of carbonyl (C=O) groups is 2. The Balaban J connectivity index is 1.59. The molecule has 0 bridgehead atoms. The predicted octanol–water partition coefficient (Wildman–Crippen LogP) is 3.38. The minimum absolute atomic E-state index is 0.177. The molecule has 0 spiro atoms. The number of hydrazine groups is 1. The minimum Gasteiger partial charge on any atom is -0.493 e. The van der Waals surface area contributed by atoms with Gasteiger partial charge in [0.25, 0.3) is 11.8 Å². The monoisotopic (exact) mass is 422 g/mol. The summed E-state index contributed by atoms with van der Waals surface area (Å²) in [5.74, 6) is 0.532. The SMILES string of the molecule is COc1cc(C(=O)NNC(=O)c2ccn(-c3ccccc3)n2)ccc1OCCC(C)C. The van der Waals surface area contributed by atoms with Gasteiger partial charge in [0.1, 0.15) is 0 Å². The number of rotatable bonds is 8. The van der Waals surface area contributed by atoms with Gasteiger partial charge in [0.15, 0.2) is 17.2 Å². The topological polar surface area (TPSA) is 94.5 Å². The molecule has 0 atom stereocenters. The third-order valence-corrected chi connectivity index (χ3v) is 4.51. The summed E-state index contributed by atoms with van der Waals surface area (Å²) < 4.78 is 12.6. The first-order valence-electron chi connectivity index (χ1n) is 10.0. The van der Waals surface area contributed by atoms with Crippen LogP contribution in [0.1, 0.15) is 41.1 Å². The maximum Gasteiger partial charge on any atom is 0.290 e. The fraction of sp³-hybridized carbons (Fsp3) is 0.261. The van der Waals surface area contributed by atoms with Gasteiger partial charge in [-0.3, -0.25) is 20.4 Å². The number of amides is 2. The van der Waals surface area contributed by atoms with Crippen LogP contribution in [0.25, 0.3) is 5.69 Å². The van der Waals surface area contributed by atoms with E-state index in [1.807, 2.05) is 30.3 Å². The quantitative estimate of drug-likeness (QED) is 0.543. The number of methoxy groups -OCH3 is 1. The smallest absolute Gasteiger partial charge is 0.290 e. The van der Waals surface area contributed by atoms with Gasteiger partial charge in [0.2, 0.25) is 0 Å². The summed E-state index contributed by atoms with van der Waals surface area (Å²) in [5.41, 5.74) is 6.09. The second-order valence-corrected chi connectivity index (χ2v) is 7.29. The first kappa shape index (κ1) is 21.9. The number of aromatic nitrogens is 2. The zero-order valence-corrected chi connectivity index (χ0v) is 17.8. The molecule has 0 aliphatic heterocycles. The summed E-state index contributed by atoms with van der Waals surface area (Å²) in [7, 11) is 1.51. The fourth-order valence-corrected chi connectivity index (χ4v) is 2.75. The van der Waals surface area contributed by atoms with Gasteiger partial charge >= 0.3 is 0 Å². The number of nitrogens with one attached hydrogen (secondary N) is 2. The van der Waals surface area contributed by atoms with Crippen LogP contribution in [0.4, 0.5) is 0 Å². The van der Waals surface area contributed by atoms with E-state index >= 15 is 0 Å². The van der Waals surface area contributed by atoms with E-state index in [0.717, 1.165) is 12.1 Å². The van der Waals surface area contributed by atoms with Crippen LogP contribution in [0.2, 0.25) is 0 Å². The van der Waals surface area contributed by atoms with E-state index in [0.29, 0.717) is 29.6 Å². The number of carbonyl (C=O) groups excluding carboxylic acids is 2. The average Bonchev–Trinajstić information content (AvgIpc) is 3.28. The van der Waals surface area contributed by atoms with E-state index in [4.69, 9.17) is 9.47 Å². The van der Waals surface area contributed by atoms with E-state index in [-0.39, 0.29) is 5.69 Å². The van der Waals surface area contributed by atoms with Crippen LogP contribution < -0.4 is 20.3 Å². The number of hydrogen-bond donors (Lipinski definition) is 2. The van der Waals surface area contributed by atoms with Crippen molar-refractivity contribution in [3.8, 4) is 17.2 Å². The highest BCUT2D eigenvalue weighted by Crippen LogP contribution is 2.28. The van der Waals surface area contributed by atoms with Gasteiger partial charge in [-0.1, -0.05) is 32.0 Å². The third kappa shape index (κ3) is 5.85. The molecule has 2 amide bonds. The molecule has 2 aromatic carbocycles. The Kier molecular flexibility index (Phi) is 7.26. The second-order valence-electron chi connectivity index (χ2n) is 7.29. The van der Waals surface area contributed by atoms with E-state index in [9.17, 15) is 9.59 Å². The van der Waals surface area contributed by atoms with Crippen LogP contribution in [0.5, 0.6) is 11.5 Å². The molecule has 1 heterocycles. The van der Waals surface area contributed by atoms with Crippen LogP contribution >= 0.6 is 0 Å². The van der Waals surface area contributed by atoms with Gasteiger partial charge in [-0.05, 0) is 48.7 Å². The Hall–Kier alpha value is -3.81.